The Hall–Kier alpha value is -0.300. The van der Waals surface area contributed by atoms with Gasteiger partial charge in [0.15, 0.2) is 0 Å². The van der Waals surface area contributed by atoms with Crippen molar-refractivity contribution in [2.75, 3.05) is 0 Å². The summed E-state index contributed by atoms with van der Waals surface area (Å²) in [6, 6.07) is 2.19. The van der Waals surface area contributed by atoms with Crippen LogP contribution in [-0.2, 0) is 6.42 Å². The Bertz CT molecular complexity index is 211. The molecule has 0 aliphatic carbocycles. The van der Waals surface area contributed by atoms with Crippen molar-refractivity contribution in [3.05, 3.63) is 21.9 Å². The van der Waals surface area contributed by atoms with Crippen molar-refractivity contribution < 1.29 is 0 Å². The van der Waals surface area contributed by atoms with Crippen LogP contribution >= 0.6 is 11.3 Å². The summed E-state index contributed by atoms with van der Waals surface area (Å²) in [6.45, 7) is 12.8. The van der Waals surface area contributed by atoms with E-state index in [4.69, 9.17) is 0 Å². The van der Waals surface area contributed by atoms with Crippen LogP contribution in [0.2, 0.25) is 0 Å². The molecule has 1 aromatic heterocycles. The van der Waals surface area contributed by atoms with Crippen molar-refractivity contribution in [3.8, 4) is 0 Å². The summed E-state index contributed by atoms with van der Waals surface area (Å²) in [5, 5.41) is 2.17. The van der Waals surface area contributed by atoms with E-state index in [0.717, 1.165) is 0 Å². The first-order chi connectivity index (χ1) is 7.76. The molecule has 0 aliphatic heterocycles. The van der Waals surface area contributed by atoms with Gasteiger partial charge in [-0.2, -0.15) is 0 Å². The van der Waals surface area contributed by atoms with E-state index < -0.39 is 0 Å². The molecule has 0 radical (unpaired) electrons. The molecule has 0 saturated heterocycles. The molecule has 1 rings (SSSR count). The zero-order chi connectivity index (χ0) is 12.8. The minimum atomic E-state index is 1.25. The zero-order valence-corrected chi connectivity index (χ0v) is 12.9. The quantitative estimate of drug-likeness (QED) is 0.587. The van der Waals surface area contributed by atoms with Gasteiger partial charge in [0.1, 0.15) is 0 Å². The summed E-state index contributed by atoms with van der Waals surface area (Å²) >= 11 is 1.87. The van der Waals surface area contributed by atoms with Crippen LogP contribution in [0.4, 0.5) is 0 Å². The van der Waals surface area contributed by atoms with E-state index in [9.17, 15) is 0 Å². The van der Waals surface area contributed by atoms with Crippen LogP contribution in [-0.4, -0.2) is 0 Å². The van der Waals surface area contributed by atoms with E-state index in [1.54, 1.807) is 4.88 Å². The second kappa shape index (κ2) is 14.7. The number of hydrogen-bond acceptors (Lipinski definition) is 1. The fourth-order valence-electron chi connectivity index (χ4n) is 1.24. The van der Waals surface area contributed by atoms with Gasteiger partial charge in [-0.25, -0.2) is 0 Å². The van der Waals surface area contributed by atoms with E-state index in [1.807, 2.05) is 25.2 Å². The van der Waals surface area contributed by atoms with Crippen molar-refractivity contribution in [2.24, 2.45) is 0 Å². The van der Waals surface area contributed by atoms with Crippen molar-refractivity contribution >= 4 is 11.3 Å². The predicted molar refractivity (Wildman–Crippen MR) is 79.6 cm³/mol. The van der Waals surface area contributed by atoms with Gasteiger partial charge in [-0.05, 0) is 30.4 Å². The molecule has 1 heteroatoms. The summed E-state index contributed by atoms with van der Waals surface area (Å²) in [6.07, 6.45) is 6.60. The maximum Gasteiger partial charge on any atom is 0.00742 e. The predicted octanol–water partition coefficient (Wildman–Crippen LogP) is 6.23. The van der Waals surface area contributed by atoms with Gasteiger partial charge in [0.2, 0.25) is 0 Å². The molecule has 0 nitrogen and oxygen atoms in total. The van der Waals surface area contributed by atoms with Gasteiger partial charge in [-0.1, -0.05) is 60.3 Å². The summed E-state index contributed by atoms with van der Waals surface area (Å²) in [4.78, 5) is 1.55. The maximum absolute atomic E-state index is 2.22. The second-order valence-electron chi connectivity index (χ2n) is 3.63. The lowest BCUT2D eigenvalue weighted by atomic mass is 10.2. The zero-order valence-electron chi connectivity index (χ0n) is 12.1. The van der Waals surface area contributed by atoms with Crippen LogP contribution in [0.1, 0.15) is 70.7 Å². The molecule has 0 aromatic carbocycles. The Morgan fingerprint density at radius 1 is 1.00 bits per heavy atom. The fourth-order valence-corrected chi connectivity index (χ4v) is 2.25. The summed E-state index contributed by atoms with van der Waals surface area (Å²) in [7, 11) is 0. The Morgan fingerprint density at radius 2 is 1.56 bits per heavy atom. The van der Waals surface area contributed by atoms with Crippen molar-refractivity contribution in [2.45, 2.75) is 73.6 Å². The molecule has 1 aromatic rings. The number of hydrogen-bond donors (Lipinski definition) is 0. The van der Waals surface area contributed by atoms with Crippen molar-refractivity contribution in [3.63, 3.8) is 0 Å². The SMILES string of the molecule is CC.CCCCC.CCCc1sccc1C. The number of rotatable bonds is 4. The van der Waals surface area contributed by atoms with Crippen molar-refractivity contribution in [1.29, 1.82) is 0 Å². The molecule has 0 fully saturated rings. The maximum atomic E-state index is 2.22. The highest BCUT2D eigenvalue weighted by Gasteiger charge is 1.95. The van der Waals surface area contributed by atoms with E-state index in [2.05, 4.69) is 39.1 Å². The van der Waals surface area contributed by atoms with Gasteiger partial charge in [0.25, 0.3) is 0 Å². The average Bonchev–Trinajstić information content (AvgIpc) is 2.70. The third-order valence-corrected chi connectivity index (χ3v) is 3.24. The van der Waals surface area contributed by atoms with E-state index >= 15 is 0 Å². The molecular weight excluding hydrogens is 212 g/mol. The first kappa shape index (κ1) is 18.1. The molecule has 0 saturated carbocycles. The number of aryl methyl sites for hydroxylation is 2. The normalized spacial score (nSPS) is 8.62. The number of unbranched alkanes of at least 4 members (excludes halogenated alkanes) is 2. The van der Waals surface area contributed by atoms with E-state index in [-0.39, 0.29) is 0 Å². The third-order valence-electron chi connectivity index (χ3n) is 2.15. The van der Waals surface area contributed by atoms with Crippen LogP contribution in [0.15, 0.2) is 11.4 Å². The Morgan fingerprint density at radius 3 is 1.81 bits per heavy atom. The molecule has 0 N–H and O–H groups in total. The molecule has 96 valence electrons. The molecule has 0 amide bonds. The van der Waals surface area contributed by atoms with Crippen LogP contribution < -0.4 is 0 Å². The van der Waals surface area contributed by atoms with Gasteiger partial charge in [-0.15, -0.1) is 11.3 Å². The van der Waals surface area contributed by atoms with E-state index in [0.29, 0.717) is 0 Å². The largest absolute Gasteiger partial charge is 0.149 e. The first-order valence-electron chi connectivity index (χ1n) is 6.79. The lowest BCUT2D eigenvalue weighted by molar-refractivity contribution is 0.772. The highest BCUT2D eigenvalue weighted by atomic mass is 32.1. The second-order valence-corrected chi connectivity index (χ2v) is 4.63. The molecule has 0 bridgehead atoms. The van der Waals surface area contributed by atoms with Gasteiger partial charge in [0.05, 0.1) is 0 Å². The smallest absolute Gasteiger partial charge is 0.00742 e. The summed E-state index contributed by atoms with van der Waals surface area (Å²) in [5.74, 6) is 0. The molecule has 16 heavy (non-hydrogen) atoms. The summed E-state index contributed by atoms with van der Waals surface area (Å²) < 4.78 is 0. The Kier molecular flexibility index (Phi) is 16.6. The Balaban J connectivity index is 0. The van der Waals surface area contributed by atoms with Crippen LogP contribution in [0.5, 0.6) is 0 Å². The lowest BCUT2D eigenvalue weighted by Crippen LogP contribution is -1.78. The Labute approximate surface area is 107 Å². The lowest BCUT2D eigenvalue weighted by Gasteiger charge is -1.92. The van der Waals surface area contributed by atoms with Crippen LogP contribution in [0.25, 0.3) is 0 Å². The fraction of sp³-hybridized carbons (Fsp3) is 0.733. The monoisotopic (exact) mass is 242 g/mol. The van der Waals surface area contributed by atoms with E-state index in [1.165, 1.54) is 37.7 Å². The topological polar surface area (TPSA) is 0 Å². The molecule has 0 unspecified atom stereocenters. The number of thiophene rings is 1. The molecule has 0 spiro atoms. The summed E-state index contributed by atoms with van der Waals surface area (Å²) in [5.41, 5.74) is 1.46. The van der Waals surface area contributed by atoms with Gasteiger partial charge < -0.3 is 0 Å². The minimum Gasteiger partial charge on any atom is -0.149 e. The average molecular weight is 242 g/mol. The molecule has 0 aliphatic rings. The highest BCUT2D eigenvalue weighted by Crippen LogP contribution is 2.16. The van der Waals surface area contributed by atoms with Crippen LogP contribution in [0.3, 0.4) is 0 Å². The molecule has 1 heterocycles. The first-order valence-corrected chi connectivity index (χ1v) is 7.67. The van der Waals surface area contributed by atoms with Gasteiger partial charge >= 0.3 is 0 Å². The van der Waals surface area contributed by atoms with Crippen molar-refractivity contribution in [1.82, 2.24) is 0 Å². The highest BCUT2D eigenvalue weighted by molar-refractivity contribution is 7.10. The minimum absolute atomic E-state index is 1.25. The van der Waals surface area contributed by atoms with Crippen LogP contribution in [0, 0.1) is 6.92 Å². The van der Waals surface area contributed by atoms with Gasteiger partial charge in [-0.3, -0.25) is 0 Å². The molecule has 0 atom stereocenters. The standard InChI is InChI=1S/C8H12S.C5H12.C2H6/c1-3-4-8-7(2)5-6-9-8;1-3-5-4-2;1-2/h5-6H,3-4H2,1-2H3;3-5H2,1-2H3;1-2H3. The van der Waals surface area contributed by atoms with Gasteiger partial charge in [0, 0.05) is 4.88 Å². The molecular formula is C15H30S. The third kappa shape index (κ3) is 10.2.